The molecule has 0 saturated carbocycles. The second-order valence-electron chi connectivity index (χ2n) is 5.82. The van der Waals surface area contributed by atoms with Crippen LogP contribution >= 0.6 is 0 Å². The third-order valence-electron chi connectivity index (χ3n) is 4.24. The largest absolute Gasteiger partial charge is 0.381 e. The molecule has 2 unspecified atom stereocenters. The molecule has 1 heterocycles. The lowest BCUT2D eigenvalue weighted by Crippen LogP contribution is -2.42. The number of nitrogens with one attached hydrogen (secondary N) is 1. The summed E-state index contributed by atoms with van der Waals surface area (Å²) in [6.45, 7) is 8.09. The van der Waals surface area contributed by atoms with Crippen LogP contribution in [0.3, 0.4) is 0 Å². The van der Waals surface area contributed by atoms with Gasteiger partial charge in [0.15, 0.2) is 9.84 Å². The second kappa shape index (κ2) is 6.90. The lowest BCUT2D eigenvalue weighted by Gasteiger charge is -2.23. The number of benzene rings is 1. The van der Waals surface area contributed by atoms with Crippen molar-refractivity contribution in [3.05, 3.63) is 29.3 Å². The molecule has 1 aromatic rings. The van der Waals surface area contributed by atoms with Crippen LogP contribution in [-0.2, 0) is 14.6 Å². The molecule has 1 fully saturated rings. The molecule has 0 aromatic heterocycles. The molecule has 1 aromatic carbocycles. The van der Waals surface area contributed by atoms with E-state index < -0.39 is 9.84 Å². The molecular formula is C16H25NO3S. The van der Waals surface area contributed by atoms with E-state index in [0.717, 1.165) is 30.7 Å². The van der Waals surface area contributed by atoms with Crippen molar-refractivity contribution in [3.63, 3.8) is 0 Å². The maximum absolute atomic E-state index is 12.7. The highest BCUT2D eigenvalue weighted by Crippen LogP contribution is 2.22. The molecule has 0 amide bonds. The Labute approximate surface area is 127 Å². The SMILES string of the molecule is CCNC(CS(=O)(=O)c1ccc(C)c(C)c1)C1CCOC1. The molecule has 2 atom stereocenters. The maximum atomic E-state index is 12.7. The maximum Gasteiger partial charge on any atom is 0.179 e. The first-order valence-electron chi connectivity index (χ1n) is 7.55. The van der Waals surface area contributed by atoms with Gasteiger partial charge in [0.05, 0.1) is 17.3 Å². The van der Waals surface area contributed by atoms with Gasteiger partial charge in [0.25, 0.3) is 0 Å². The lowest BCUT2D eigenvalue weighted by molar-refractivity contribution is 0.179. The molecule has 1 aliphatic heterocycles. The van der Waals surface area contributed by atoms with Crippen molar-refractivity contribution in [2.24, 2.45) is 5.92 Å². The average Bonchev–Trinajstić information content (AvgIpc) is 2.95. The number of rotatable bonds is 6. The van der Waals surface area contributed by atoms with E-state index in [1.54, 1.807) is 12.1 Å². The monoisotopic (exact) mass is 311 g/mol. The topological polar surface area (TPSA) is 55.4 Å². The Balaban J connectivity index is 2.18. The number of sulfone groups is 1. The van der Waals surface area contributed by atoms with E-state index in [9.17, 15) is 8.42 Å². The standard InChI is InChI=1S/C16H25NO3S/c1-4-17-16(14-7-8-20-10-14)11-21(18,19)15-6-5-12(2)13(3)9-15/h5-6,9,14,16-17H,4,7-8,10-11H2,1-3H3. The van der Waals surface area contributed by atoms with Crippen LogP contribution in [0.4, 0.5) is 0 Å². The van der Waals surface area contributed by atoms with Crippen LogP contribution in [0, 0.1) is 19.8 Å². The zero-order valence-corrected chi connectivity index (χ0v) is 13.9. The smallest absolute Gasteiger partial charge is 0.179 e. The van der Waals surface area contributed by atoms with Gasteiger partial charge in [-0.2, -0.15) is 0 Å². The predicted octanol–water partition coefficient (Wildman–Crippen LogP) is 2.09. The second-order valence-corrected chi connectivity index (χ2v) is 7.85. The summed E-state index contributed by atoms with van der Waals surface area (Å²) in [6.07, 6.45) is 0.931. The molecule has 1 aliphatic rings. The molecule has 2 rings (SSSR count). The molecule has 0 aliphatic carbocycles. The van der Waals surface area contributed by atoms with Crippen molar-refractivity contribution in [2.75, 3.05) is 25.5 Å². The number of hydrogen-bond donors (Lipinski definition) is 1. The van der Waals surface area contributed by atoms with Crippen LogP contribution in [0.1, 0.15) is 24.5 Å². The fourth-order valence-electron chi connectivity index (χ4n) is 2.73. The molecule has 5 heteroatoms. The summed E-state index contributed by atoms with van der Waals surface area (Å²) < 4.78 is 30.7. The van der Waals surface area contributed by atoms with E-state index in [0.29, 0.717) is 11.5 Å². The summed E-state index contributed by atoms with van der Waals surface area (Å²) in [5, 5.41) is 3.32. The number of ether oxygens (including phenoxy) is 1. The quantitative estimate of drug-likeness (QED) is 0.874. The molecule has 1 N–H and O–H groups in total. The predicted molar refractivity (Wildman–Crippen MR) is 84.4 cm³/mol. The highest BCUT2D eigenvalue weighted by atomic mass is 32.2. The molecule has 0 bridgehead atoms. The minimum absolute atomic E-state index is 0.0379. The van der Waals surface area contributed by atoms with Gasteiger partial charge in [-0.3, -0.25) is 0 Å². The Hall–Kier alpha value is -0.910. The van der Waals surface area contributed by atoms with Gasteiger partial charge in [-0.15, -0.1) is 0 Å². The fourth-order valence-corrected chi connectivity index (χ4v) is 4.42. The van der Waals surface area contributed by atoms with E-state index in [-0.39, 0.29) is 17.7 Å². The van der Waals surface area contributed by atoms with Crippen LogP contribution < -0.4 is 5.32 Å². The van der Waals surface area contributed by atoms with Crippen LogP contribution in [0.2, 0.25) is 0 Å². The van der Waals surface area contributed by atoms with E-state index in [1.165, 1.54) is 0 Å². The highest BCUT2D eigenvalue weighted by molar-refractivity contribution is 7.91. The van der Waals surface area contributed by atoms with Gasteiger partial charge in [0, 0.05) is 18.6 Å². The van der Waals surface area contributed by atoms with Crippen molar-refractivity contribution < 1.29 is 13.2 Å². The van der Waals surface area contributed by atoms with E-state index in [4.69, 9.17) is 4.74 Å². The minimum atomic E-state index is -3.28. The summed E-state index contributed by atoms with van der Waals surface area (Å²) in [4.78, 5) is 0.424. The fraction of sp³-hybridized carbons (Fsp3) is 0.625. The third-order valence-corrected chi connectivity index (χ3v) is 6.01. The van der Waals surface area contributed by atoms with E-state index in [1.807, 2.05) is 26.8 Å². The van der Waals surface area contributed by atoms with Crippen molar-refractivity contribution in [2.45, 2.75) is 38.1 Å². The summed E-state index contributed by atoms with van der Waals surface area (Å²) >= 11 is 0. The zero-order valence-electron chi connectivity index (χ0n) is 13.1. The van der Waals surface area contributed by atoms with Crippen LogP contribution in [0.5, 0.6) is 0 Å². The van der Waals surface area contributed by atoms with Gasteiger partial charge in [-0.1, -0.05) is 13.0 Å². The van der Waals surface area contributed by atoms with Gasteiger partial charge in [-0.25, -0.2) is 8.42 Å². The van der Waals surface area contributed by atoms with Crippen molar-refractivity contribution in [1.29, 1.82) is 0 Å². The number of hydrogen-bond acceptors (Lipinski definition) is 4. The first-order chi connectivity index (χ1) is 9.94. The summed E-state index contributed by atoms with van der Waals surface area (Å²) in [5.41, 5.74) is 2.13. The molecule has 0 spiro atoms. The Kier molecular flexibility index (Phi) is 5.41. The highest BCUT2D eigenvalue weighted by Gasteiger charge is 2.30. The van der Waals surface area contributed by atoms with Crippen LogP contribution in [0.25, 0.3) is 0 Å². The first kappa shape index (κ1) is 16.5. The Bertz CT molecular complexity index is 577. The van der Waals surface area contributed by atoms with Crippen molar-refractivity contribution >= 4 is 9.84 Å². The Morgan fingerprint density at radius 2 is 2.10 bits per heavy atom. The molecule has 4 nitrogen and oxygen atoms in total. The van der Waals surface area contributed by atoms with Gasteiger partial charge < -0.3 is 10.1 Å². The van der Waals surface area contributed by atoms with E-state index in [2.05, 4.69) is 5.32 Å². The summed E-state index contributed by atoms with van der Waals surface area (Å²) in [7, 11) is -3.28. The Morgan fingerprint density at radius 3 is 2.67 bits per heavy atom. The van der Waals surface area contributed by atoms with E-state index >= 15 is 0 Å². The molecule has 21 heavy (non-hydrogen) atoms. The van der Waals surface area contributed by atoms with Gasteiger partial charge in [-0.05, 0) is 50.1 Å². The summed E-state index contributed by atoms with van der Waals surface area (Å²) in [6, 6.07) is 5.33. The van der Waals surface area contributed by atoms with Crippen molar-refractivity contribution in [1.82, 2.24) is 5.32 Å². The lowest BCUT2D eigenvalue weighted by atomic mass is 10.0. The third kappa shape index (κ3) is 4.05. The van der Waals surface area contributed by atoms with Gasteiger partial charge in [0.1, 0.15) is 0 Å². The van der Waals surface area contributed by atoms with Crippen LogP contribution in [0.15, 0.2) is 23.1 Å². The van der Waals surface area contributed by atoms with Gasteiger partial charge in [0.2, 0.25) is 0 Å². The van der Waals surface area contributed by atoms with Crippen LogP contribution in [-0.4, -0.2) is 40.0 Å². The zero-order chi connectivity index (χ0) is 15.5. The molecule has 0 radical (unpaired) electrons. The summed E-state index contributed by atoms with van der Waals surface area (Å²) in [5.74, 6) is 0.420. The normalized spacial score (nSPS) is 20.6. The van der Waals surface area contributed by atoms with Crippen molar-refractivity contribution in [3.8, 4) is 0 Å². The minimum Gasteiger partial charge on any atom is -0.381 e. The average molecular weight is 311 g/mol. The first-order valence-corrected chi connectivity index (χ1v) is 9.20. The Morgan fingerprint density at radius 1 is 1.33 bits per heavy atom. The number of aryl methyl sites for hydroxylation is 2. The molecule has 118 valence electrons. The molecule has 1 saturated heterocycles. The molecular weight excluding hydrogens is 286 g/mol. The van der Waals surface area contributed by atoms with Gasteiger partial charge >= 0.3 is 0 Å².